The number of hydrogen-bond acceptors (Lipinski definition) is 3. The summed E-state index contributed by atoms with van der Waals surface area (Å²) < 4.78 is 0. The summed E-state index contributed by atoms with van der Waals surface area (Å²) in [6.07, 6.45) is 0. The van der Waals surface area contributed by atoms with E-state index in [-0.39, 0.29) is 0 Å². The van der Waals surface area contributed by atoms with E-state index in [0.717, 1.165) is 12.2 Å². The average Bonchev–Trinajstić information content (AvgIpc) is 2.16. The largest absolute Gasteiger partial charge is 0.384 e. The average molecular weight is 210 g/mol. The molecule has 0 atom stereocenters. The van der Waals surface area contributed by atoms with Crippen molar-refractivity contribution in [2.24, 2.45) is 5.73 Å². The molecular formula is C11H18N2S. The van der Waals surface area contributed by atoms with E-state index in [1.807, 2.05) is 11.8 Å². The van der Waals surface area contributed by atoms with Gasteiger partial charge in [-0.05, 0) is 24.3 Å². The van der Waals surface area contributed by atoms with Crippen molar-refractivity contribution in [1.82, 2.24) is 0 Å². The molecule has 0 amide bonds. The van der Waals surface area contributed by atoms with Crippen LogP contribution in [0.2, 0.25) is 0 Å². The number of rotatable bonds is 5. The van der Waals surface area contributed by atoms with Crippen molar-refractivity contribution in [3.05, 3.63) is 24.3 Å². The van der Waals surface area contributed by atoms with Crippen LogP contribution in [0.1, 0.15) is 13.8 Å². The normalized spacial score (nSPS) is 10.6. The molecular weight excluding hydrogens is 192 g/mol. The zero-order valence-corrected chi connectivity index (χ0v) is 9.60. The van der Waals surface area contributed by atoms with Gasteiger partial charge in [0, 0.05) is 28.9 Å². The number of thioether (sulfide) groups is 1. The lowest BCUT2D eigenvalue weighted by Crippen LogP contribution is -2.12. The molecule has 0 bridgehead atoms. The lowest BCUT2D eigenvalue weighted by atomic mass is 10.3. The quantitative estimate of drug-likeness (QED) is 0.734. The first kappa shape index (κ1) is 11.4. The summed E-state index contributed by atoms with van der Waals surface area (Å²) in [6, 6.07) is 8.48. The van der Waals surface area contributed by atoms with Crippen LogP contribution in [-0.4, -0.2) is 18.3 Å². The van der Waals surface area contributed by atoms with Crippen LogP contribution in [0.5, 0.6) is 0 Å². The first-order chi connectivity index (χ1) is 6.72. The van der Waals surface area contributed by atoms with Gasteiger partial charge in [-0.2, -0.15) is 0 Å². The van der Waals surface area contributed by atoms with Gasteiger partial charge in [-0.3, -0.25) is 0 Å². The van der Waals surface area contributed by atoms with E-state index < -0.39 is 0 Å². The Balaban J connectivity index is 2.50. The molecule has 14 heavy (non-hydrogen) atoms. The number of benzene rings is 1. The van der Waals surface area contributed by atoms with Crippen LogP contribution in [0.3, 0.4) is 0 Å². The second-order valence-electron chi connectivity index (χ2n) is 3.41. The van der Waals surface area contributed by atoms with Crippen LogP contribution >= 0.6 is 11.8 Å². The fourth-order valence-electron chi connectivity index (χ4n) is 1.14. The van der Waals surface area contributed by atoms with Gasteiger partial charge in [0.2, 0.25) is 0 Å². The molecule has 0 spiro atoms. The minimum absolute atomic E-state index is 0.637. The Labute approximate surface area is 90.3 Å². The Morgan fingerprint density at radius 1 is 1.29 bits per heavy atom. The fraction of sp³-hybridized carbons (Fsp3) is 0.455. The van der Waals surface area contributed by atoms with E-state index in [0.29, 0.717) is 11.8 Å². The van der Waals surface area contributed by atoms with Crippen LogP contribution in [-0.2, 0) is 0 Å². The molecule has 3 heteroatoms. The van der Waals surface area contributed by atoms with Crippen molar-refractivity contribution in [1.29, 1.82) is 0 Å². The Bertz CT molecular complexity index is 256. The minimum Gasteiger partial charge on any atom is -0.384 e. The zero-order valence-electron chi connectivity index (χ0n) is 8.79. The maximum atomic E-state index is 5.41. The van der Waals surface area contributed by atoms with Crippen molar-refractivity contribution < 1.29 is 0 Å². The standard InChI is InChI=1S/C11H18N2S/c1-9(2)14-11-5-3-10(4-6-11)13-8-7-12/h3-6,9,13H,7-8,12H2,1-2H3. The van der Waals surface area contributed by atoms with Crippen LogP contribution in [0.25, 0.3) is 0 Å². The molecule has 0 aliphatic heterocycles. The van der Waals surface area contributed by atoms with Crippen LogP contribution in [0, 0.1) is 0 Å². The number of hydrogen-bond donors (Lipinski definition) is 2. The molecule has 0 unspecified atom stereocenters. The second kappa shape index (κ2) is 5.94. The second-order valence-corrected chi connectivity index (χ2v) is 5.06. The Morgan fingerprint density at radius 2 is 1.93 bits per heavy atom. The van der Waals surface area contributed by atoms with Gasteiger partial charge in [-0.1, -0.05) is 13.8 Å². The summed E-state index contributed by atoms with van der Waals surface area (Å²) in [7, 11) is 0. The summed E-state index contributed by atoms with van der Waals surface area (Å²) in [4.78, 5) is 1.32. The van der Waals surface area contributed by atoms with Crippen molar-refractivity contribution in [2.45, 2.75) is 24.0 Å². The first-order valence-corrected chi connectivity index (χ1v) is 5.81. The van der Waals surface area contributed by atoms with Crippen molar-refractivity contribution in [2.75, 3.05) is 18.4 Å². The highest BCUT2D eigenvalue weighted by Crippen LogP contribution is 2.23. The molecule has 78 valence electrons. The van der Waals surface area contributed by atoms with E-state index in [9.17, 15) is 0 Å². The molecule has 2 nitrogen and oxygen atoms in total. The summed E-state index contributed by atoms with van der Waals surface area (Å²) in [5.41, 5.74) is 6.55. The molecule has 0 aromatic heterocycles. The molecule has 0 radical (unpaired) electrons. The third-order valence-corrected chi connectivity index (χ3v) is 2.72. The molecule has 1 aromatic rings. The van der Waals surface area contributed by atoms with Crippen molar-refractivity contribution in [3.63, 3.8) is 0 Å². The first-order valence-electron chi connectivity index (χ1n) is 4.93. The van der Waals surface area contributed by atoms with Gasteiger partial charge < -0.3 is 11.1 Å². The summed E-state index contributed by atoms with van der Waals surface area (Å²) in [5, 5.41) is 3.88. The van der Waals surface area contributed by atoms with Gasteiger partial charge in [0.1, 0.15) is 0 Å². The zero-order chi connectivity index (χ0) is 10.4. The molecule has 0 fully saturated rings. The third-order valence-electron chi connectivity index (χ3n) is 1.70. The van der Waals surface area contributed by atoms with Gasteiger partial charge in [0.15, 0.2) is 0 Å². The number of nitrogens with two attached hydrogens (primary N) is 1. The Kier molecular flexibility index (Phi) is 4.84. The molecule has 0 aliphatic carbocycles. The van der Waals surface area contributed by atoms with Crippen molar-refractivity contribution in [3.8, 4) is 0 Å². The smallest absolute Gasteiger partial charge is 0.0341 e. The number of anilines is 1. The van der Waals surface area contributed by atoms with Gasteiger partial charge >= 0.3 is 0 Å². The molecule has 3 N–H and O–H groups in total. The van der Waals surface area contributed by atoms with Gasteiger partial charge in [0.05, 0.1) is 0 Å². The van der Waals surface area contributed by atoms with Gasteiger partial charge in [-0.15, -0.1) is 11.8 Å². The summed E-state index contributed by atoms with van der Waals surface area (Å²) in [6.45, 7) is 5.90. The van der Waals surface area contributed by atoms with Crippen LogP contribution in [0.15, 0.2) is 29.2 Å². The van der Waals surface area contributed by atoms with E-state index in [1.165, 1.54) is 4.90 Å². The van der Waals surface area contributed by atoms with Crippen LogP contribution < -0.4 is 11.1 Å². The third kappa shape index (κ3) is 4.03. The van der Waals surface area contributed by atoms with Gasteiger partial charge in [0.25, 0.3) is 0 Å². The topological polar surface area (TPSA) is 38.0 Å². The maximum Gasteiger partial charge on any atom is 0.0341 e. The van der Waals surface area contributed by atoms with Gasteiger partial charge in [-0.25, -0.2) is 0 Å². The Morgan fingerprint density at radius 3 is 2.43 bits per heavy atom. The molecule has 1 aromatic carbocycles. The maximum absolute atomic E-state index is 5.41. The van der Waals surface area contributed by atoms with E-state index in [2.05, 4.69) is 43.4 Å². The predicted molar refractivity (Wildman–Crippen MR) is 65.0 cm³/mol. The molecule has 0 saturated carbocycles. The number of nitrogens with one attached hydrogen (secondary N) is 1. The van der Waals surface area contributed by atoms with E-state index in [1.54, 1.807) is 0 Å². The molecule has 0 saturated heterocycles. The fourth-order valence-corrected chi connectivity index (χ4v) is 1.98. The lowest BCUT2D eigenvalue weighted by molar-refractivity contribution is 1.02. The predicted octanol–water partition coefficient (Wildman–Crippen LogP) is 2.56. The molecule has 0 heterocycles. The molecule has 1 rings (SSSR count). The minimum atomic E-state index is 0.637. The lowest BCUT2D eigenvalue weighted by Gasteiger charge is -2.07. The summed E-state index contributed by atoms with van der Waals surface area (Å²) >= 11 is 1.88. The van der Waals surface area contributed by atoms with E-state index in [4.69, 9.17) is 5.73 Å². The molecule has 0 aliphatic rings. The highest BCUT2D eigenvalue weighted by molar-refractivity contribution is 7.99. The van der Waals surface area contributed by atoms with Crippen LogP contribution in [0.4, 0.5) is 5.69 Å². The SMILES string of the molecule is CC(C)Sc1ccc(NCCN)cc1. The monoisotopic (exact) mass is 210 g/mol. The summed E-state index contributed by atoms with van der Waals surface area (Å²) in [5.74, 6) is 0. The van der Waals surface area contributed by atoms with E-state index >= 15 is 0 Å². The van der Waals surface area contributed by atoms with Crippen molar-refractivity contribution >= 4 is 17.4 Å². The Hall–Kier alpha value is -0.670. The highest BCUT2D eigenvalue weighted by Gasteiger charge is 1.97. The highest BCUT2D eigenvalue weighted by atomic mass is 32.2.